The van der Waals surface area contributed by atoms with Crippen molar-refractivity contribution >= 4 is 5.91 Å². The Morgan fingerprint density at radius 2 is 1.83 bits per heavy atom. The van der Waals surface area contributed by atoms with Crippen molar-refractivity contribution in [1.29, 1.82) is 0 Å². The number of hydrogen-bond acceptors (Lipinski definition) is 2. The van der Waals surface area contributed by atoms with Crippen LogP contribution in [0.3, 0.4) is 0 Å². The van der Waals surface area contributed by atoms with E-state index < -0.39 is 0 Å². The molecule has 104 valence electrons. The van der Waals surface area contributed by atoms with E-state index in [1.165, 1.54) is 0 Å². The van der Waals surface area contributed by atoms with Gasteiger partial charge in [-0.25, -0.2) is 0 Å². The molecule has 0 atom stereocenters. The smallest absolute Gasteiger partial charge is 0.222 e. The molecule has 1 aromatic heterocycles. The minimum Gasteiger partial charge on any atom is -0.350 e. The Balaban J connectivity index is 0. The van der Waals surface area contributed by atoms with Gasteiger partial charge in [0.1, 0.15) is 0 Å². The molecule has 0 aromatic carbocycles. The summed E-state index contributed by atoms with van der Waals surface area (Å²) in [6, 6.07) is 5.90. The lowest BCUT2D eigenvalue weighted by Gasteiger charge is -2.07. The molecular formula is C15H28N2O. The van der Waals surface area contributed by atoms with Gasteiger partial charge in [-0.2, -0.15) is 0 Å². The van der Waals surface area contributed by atoms with Gasteiger partial charge < -0.3 is 5.32 Å². The number of carbonyl (C=O) groups is 1. The first-order valence-corrected chi connectivity index (χ1v) is 6.36. The maximum absolute atomic E-state index is 11.3. The topological polar surface area (TPSA) is 42.0 Å². The summed E-state index contributed by atoms with van der Waals surface area (Å²) in [5, 5.41) is 2.85. The summed E-state index contributed by atoms with van der Waals surface area (Å²) in [4.78, 5) is 15.7. The lowest BCUT2D eigenvalue weighted by molar-refractivity contribution is -0.124. The van der Waals surface area contributed by atoms with Crippen molar-refractivity contribution in [1.82, 2.24) is 10.3 Å². The third-order valence-corrected chi connectivity index (χ3v) is 2.19. The number of aromatic nitrogens is 1. The average molecular weight is 252 g/mol. The highest BCUT2D eigenvalue weighted by Crippen LogP contribution is 2.00. The molecule has 1 heterocycles. The monoisotopic (exact) mass is 252 g/mol. The molecule has 0 aliphatic rings. The van der Waals surface area contributed by atoms with Crippen molar-refractivity contribution in [2.45, 2.75) is 55.0 Å². The van der Waals surface area contributed by atoms with E-state index in [1.54, 1.807) is 0 Å². The number of nitrogens with one attached hydrogen (secondary N) is 1. The number of hydrogen-bond donors (Lipinski definition) is 1. The van der Waals surface area contributed by atoms with E-state index in [1.807, 2.05) is 45.9 Å². The Morgan fingerprint density at radius 3 is 2.33 bits per heavy atom. The first kappa shape index (κ1) is 19.0. The molecule has 0 fully saturated rings. The van der Waals surface area contributed by atoms with Crippen LogP contribution in [0.4, 0.5) is 0 Å². The van der Waals surface area contributed by atoms with Gasteiger partial charge in [-0.15, -0.1) is 0 Å². The van der Waals surface area contributed by atoms with Crippen molar-refractivity contribution in [2.24, 2.45) is 5.92 Å². The van der Waals surface area contributed by atoms with Crippen LogP contribution in [0.2, 0.25) is 0 Å². The van der Waals surface area contributed by atoms with Gasteiger partial charge in [-0.05, 0) is 18.6 Å². The molecule has 0 aliphatic heterocycles. The summed E-state index contributed by atoms with van der Waals surface area (Å²) in [6.45, 7) is 10.3. The number of pyridine rings is 1. The predicted octanol–water partition coefficient (Wildman–Crippen LogP) is 3.58. The van der Waals surface area contributed by atoms with Gasteiger partial charge in [0.2, 0.25) is 5.91 Å². The first-order chi connectivity index (χ1) is 8.13. The molecule has 1 amide bonds. The van der Waals surface area contributed by atoms with Crippen LogP contribution in [0.15, 0.2) is 18.2 Å². The second kappa shape index (κ2) is 10.8. The number of carbonyl (C=O) groups excluding carboxylic acids is 1. The Morgan fingerprint density at radius 1 is 1.28 bits per heavy atom. The minimum absolute atomic E-state index is 0. The predicted molar refractivity (Wildman–Crippen MR) is 78.4 cm³/mol. The van der Waals surface area contributed by atoms with E-state index >= 15 is 0 Å². The summed E-state index contributed by atoms with van der Waals surface area (Å²) in [5.74, 6) is 0.0954. The molecule has 1 rings (SSSR count). The van der Waals surface area contributed by atoms with Crippen molar-refractivity contribution < 1.29 is 4.79 Å². The fraction of sp³-hybridized carbons (Fsp3) is 0.600. The third-order valence-electron chi connectivity index (χ3n) is 2.19. The maximum atomic E-state index is 11.3. The van der Waals surface area contributed by atoms with Crippen LogP contribution in [0, 0.1) is 5.92 Å². The summed E-state index contributed by atoms with van der Waals surface area (Å²) < 4.78 is 0. The molecule has 18 heavy (non-hydrogen) atoms. The standard InChI is InChI=1S/C12H18N2O.C2H6.CH4/c1-4-10-6-5-7-11(14-10)8-13-12(15)9(2)3;1-2;/h5-7,9H,4,8H2,1-3H3,(H,13,15);1-2H3;1H4. The van der Waals surface area contributed by atoms with E-state index in [2.05, 4.69) is 17.2 Å². The normalized spacial score (nSPS) is 9.00. The van der Waals surface area contributed by atoms with Gasteiger partial charge in [0, 0.05) is 11.6 Å². The Hall–Kier alpha value is -1.38. The highest BCUT2D eigenvalue weighted by molar-refractivity contribution is 5.77. The van der Waals surface area contributed by atoms with E-state index in [0.717, 1.165) is 17.8 Å². The first-order valence-electron chi connectivity index (χ1n) is 6.36. The van der Waals surface area contributed by atoms with Crippen LogP contribution >= 0.6 is 0 Å². The van der Waals surface area contributed by atoms with Gasteiger partial charge in [-0.3, -0.25) is 9.78 Å². The van der Waals surface area contributed by atoms with Gasteiger partial charge >= 0.3 is 0 Å². The van der Waals surface area contributed by atoms with Crippen LogP contribution in [-0.2, 0) is 17.8 Å². The Kier molecular flexibility index (Phi) is 11.3. The summed E-state index contributed by atoms with van der Waals surface area (Å²) >= 11 is 0. The molecule has 0 saturated heterocycles. The summed E-state index contributed by atoms with van der Waals surface area (Å²) in [6.07, 6.45) is 0.923. The van der Waals surface area contributed by atoms with Gasteiger partial charge in [0.05, 0.1) is 12.2 Å². The molecule has 0 aliphatic carbocycles. The van der Waals surface area contributed by atoms with Crippen LogP contribution in [0.5, 0.6) is 0 Å². The fourth-order valence-corrected chi connectivity index (χ4v) is 1.21. The van der Waals surface area contributed by atoms with Crippen LogP contribution in [-0.4, -0.2) is 10.9 Å². The second-order valence-corrected chi connectivity index (χ2v) is 3.85. The maximum Gasteiger partial charge on any atom is 0.222 e. The zero-order valence-corrected chi connectivity index (χ0v) is 11.6. The highest BCUT2D eigenvalue weighted by atomic mass is 16.1. The molecule has 3 heteroatoms. The third kappa shape index (κ3) is 7.05. The van der Waals surface area contributed by atoms with Gasteiger partial charge in [0.15, 0.2) is 0 Å². The lowest BCUT2D eigenvalue weighted by Crippen LogP contribution is -2.27. The van der Waals surface area contributed by atoms with Crippen LogP contribution in [0.1, 0.15) is 53.4 Å². The molecule has 0 spiro atoms. The molecule has 3 nitrogen and oxygen atoms in total. The van der Waals surface area contributed by atoms with E-state index in [4.69, 9.17) is 0 Å². The molecule has 0 bridgehead atoms. The van der Waals surface area contributed by atoms with Crippen molar-refractivity contribution in [3.8, 4) is 0 Å². The van der Waals surface area contributed by atoms with Crippen molar-refractivity contribution in [2.75, 3.05) is 0 Å². The van der Waals surface area contributed by atoms with Gasteiger partial charge in [-0.1, -0.05) is 48.1 Å². The molecule has 0 saturated carbocycles. The molecule has 1 aromatic rings. The zero-order chi connectivity index (χ0) is 13.3. The number of aryl methyl sites for hydroxylation is 1. The second-order valence-electron chi connectivity index (χ2n) is 3.85. The van der Waals surface area contributed by atoms with E-state index in [-0.39, 0.29) is 19.3 Å². The minimum atomic E-state index is 0. The summed E-state index contributed by atoms with van der Waals surface area (Å²) in [7, 11) is 0. The highest BCUT2D eigenvalue weighted by Gasteiger charge is 2.06. The molecular weight excluding hydrogens is 224 g/mol. The largest absolute Gasteiger partial charge is 0.350 e. The quantitative estimate of drug-likeness (QED) is 0.890. The molecule has 0 radical (unpaired) electrons. The van der Waals surface area contributed by atoms with Gasteiger partial charge in [0.25, 0.3) is 0 Å². The van der Waals surface area contributed by atoms with Crippen molar-refractivity contribution in [3.05, 3.63) is 29.6 Å². The SMILES string of the molecule is C.CC.CCc1cccc(CNC(=O)C(C)C)n1. The summed E-state index contributed by atoms with van der Waals surface area (Å²) in [5.41, 5.74) is 1.98. The number of amides is 1. The average Bonchev–Trinajstić information content (AvgIpc) is 2.38. The molecule has 1 N–H and O–H groups in total. The lowest BCUT2D eigenvalue weighted by atomic mass is 10.2. The van der Waals surface area contributed by atoms with Crippen LogP contribution in [0.25, 0.3) is 0 Å². The van der Waals surface area contributed by atoms with Crippen LogP contribution < -0.4 is 5.32 Å². The zero-order valence-electron chi connectivity index (χ0n) is 11.6. The Bertz CT molecular complexity index is 335. The van der Waals surface area contributed by atoms with E-state index in [0.29, 0.717) is 6.54 Å². The number of rotatable bonds is 4. The van der Waals surface area contributed by atoms with Crippen molar-refractivity contribution in [3.63, 3.8) is 0 Å². The Labute approximate surface area is 112 Å². The van der Waals surface area contributed by atoms with E-state index in [9.17, 15) is 4.79 Å². The number of nitrogens with zero attached hydrogens (tertiary/aromatic N) is 1. The molecule has 0 unspecified atom stereocenters. The fourth-order valence-electron chi connectivity index (χ4n) is 1.21.